The van der Waals surface area contributed by atoms with Crippen molar-refractivity contribution in [3.8, 4) is 0 Å². The summed E-state index contributed by atoms with van der Waals surface area (Å²) in [6, 6.07) is 0. The van der Waals surface area contributed by atoms with Crippen LogP contribution in [0.25, 0.3) is 0 Å². The van der Waals surface area contributed by atoms with Crippen molar-refractivity contribution in [3.63, 3.8) is 0 Å². The van der Waals surface area contributed by atoms with E-state index in [2.05, 4.69) is 0 Å². The minimum Gasteiger partial charge on any atom is -0.786 e. The molecule has 12 heavy (non-hydrogen) atoms. The van der Waals surface area contributed by atoms with Crippen molar-refractivity contribution in [2.45, 2.75) is 0 Å². The van der Waals surface area contributed by atoms with Crippen molar-refractivity contribution >= 4 is 33.2 Å². The van der Waals surface area contributed by atoms with Crippen molar-refractivity contribution in [1.82, 2.24) is 6.15 Å². The standard InChI is InChI=1S/Al.2FH2O3P.H3N/c;2*1-5(2,3)4;/h;2*(H2,2,3,4);1H3/q+3;;;/p-3. The molecule has 7 nitrogen and oxygen atoms in total. The molecule has 0 unspecified atom stereocenters. The third kappa shape index (κ3) is 2330. The zero-order chi connectivity index (χ0) is 9.00. The maximum Gasteiger partial charge on any atom is 3.00 e. The zero-order valence-corrected chi connectivity index (χ0v) is 8.62. The number of rotatable bonds is 0. The fourth-order valence-electron chi connectivity index (χ4n) is 0. The maximum absolute atomic E-state index is 10.1. The summed E-state index contributed by atoms with van der Waals surface area (Å²) in [6.45, 7) is 0. The average molecular weight is 241 g/mol. The molecule has 0 heterocycles. The van der Waals surface area contributed by atoms with E-state index in [0.717, 1.165) is 0 Å². The van der Waals surface area contributed by atoms with Crippen LogP contribution in [0.3, 0.4) is 0 Å². The molecule has 72 valence electrons. The molecule has 4 N–H and O–H groups in total. The minimum atomic E-state index is -5.64. The van der Waals surface area contributed by atoms with Crippen LogP contribution in [0, 0.1) is 0 Å². The van der Waals surface area contributed by atoms with Gasteiger partial charge in [0.15, 0.2) is 0 Å². The third-order valence-corrected chi connectivity index (χ3v) is 0. The van der Waals surface area contributed by atoms with Gasteiger partial charge in [-0.1, -0.05) is 0 Å². The van der Waals surface area contributed by atoms with E-state index >= 15 is 0 Å². The molecule has 0 aliphatic rings. The van der Waals surface area contributed by atoms with Crippen molar-refractivity contribution in [1.29, 1.82) is 0 Å². The van der Waals surface area contributed by atoms with Gasteiger partial charge in [-0.05, 0) is 0 Å². The fourth-order valence-corrected chi connectivity index (χ4v) is 0. The van der Waals surface area contributed by atoms with Crippen LogP contribution in [0.5, 0.6) is 0 Å². The van der Waals surface area contributed by atoms with E-state index in [-0.39, 0.29) is 23.5 Å². The summed E-state index contributed by atoms with van der Waals surface area (Å²) < 4.78 is 37.1. The molecule has 0 atom stereocenters. The molecule has 0 aliphatic carbocycles. The predicted octanol–water partition coefficient (Wildman–Crippen LogP) is -2.44. The van der Waals surface area contributed by atoms with Crippen molar-refractivity contribution in [2.24, 2.45) is 0 Å². The van der Waals surface area contributed by atoms with Crippen LogP contribution in [0.15, 0.2) is 0 Å². The van der Waals surface area contributed by atoms with E-state index in [0.29, 0.717) is 0 Å². The van der Waals surface area contributed by atoms with E-state index in [4.69, 9.17) is 28.7 Å². The molecule has 0 saturated heterocycles. The van der Waals surface area contributed by atoms with Crippen molar-refractivity contribution in [2.75, 3.05) is 0 Å². The van der Waals surface area contributed by atoms with E-state index in [1.165, 1.54) is 0 Å². The molecule has 0 radical (unpaired) electrons. The van der Waals surface area contributed by atoms with Crippen LogP contribution in [-0.2, 0) is 9.13 Å². The summed E-state index contributed by atoms with van der Waals surface area (Å²) in [5, 5.41) is 0. The van der Waals surface area contributed by atoms with E-state index in [1.54, 1.807) is 0 Å². The first-order valence-electron chi connectivity index (χ1n) is 1.43. The first-order valence-corrected chi connectivity index (χ1v) is 4.30. The number of quaternary nitrogens is 1. The first kappa shape index (κ1) is 22.9. The molecule has 0 rings (SSSR count). The molecular weight excluding hydrogens is 237 g/mol. The van der Waals surface area contributed by atoms with Crippen LogP contribution in [0.1, 0.15) is 0 Å². The second kappa shape index (κ2) is 8.26. The van der Waals surface area contributed by atoms with Crippen LogP contribution in [-0.4, -0.2) is 17.4 Å². The fraction of sp³-hybridized carbons (Fsp3) is 0. The van der Waals surface area contributed by atoms with Gasteiger partial charge in [0.2, 0.25) is 0 Å². The van der Waals surface area contributed by atoms with E-state index < -0.39 is 15.8 Å². The topological polar surface area (TPSA) is 163 Å². The summed E-state index contributed by atoms with van der Waals surface area (Å²) in [5.74, 6) is 0. The Kier molecular flexibility index (Phi) is 15.8. The van der Waals surface area contributed by atoms with E-state index in [9.17, 15) is 8.39 Å². The quantitative estimate of drug-likeness (QED) is 0.365. The second-order valence-electron chi connectivity index (χ2n) is 0.861. The molecule has 0 fully saturated rings. The maximum atomic E-state index is 10.1. The predicted molar refractivity (Wildman–Crippen MR) is 29.2 cm³/mol. The molecule has 0 saturated carbocycles. The SMILES string of the molecule is O=P([O-])([O-])F.O=P([O-])([O-])F.[Al+3].[NH4+]. The monoisotopic (exact) mass is 241 g/mol. The van der Waals surface area contributed by atoms with Crippen LogP contribution in [0.2, 0.25) is 0 Å². The van der Waals surface area contributed by atoms with Gasteiger partial charge in [0, 0.05) is 0 Å². The zero-order valence-electron chi connectivity index (χ0n) is 5.68. The van der Waals surface area contributed by atoms with Gasteiger partial charge in [0.05, 0.1) is 0 Å². The summed E-state index contributed by atoms with van der Waals surface area (Å²) in [6.07, 6.45) is 0. The number of hydrogen-bond acceptors (Lipinski definition) is 6. The Bertz CT molecular complexity index is 136. The Balaban J connectivity index is -0.0000000457. The second-order valence-corrected chi connectivity index (χ2v) is 2.58. The Morgan fingerprint density at radius 1 is 0.833 bits per heavy atom. The first-order chi connectivity index (χ1) is 4.00. The molecule has 0 spiro atoms. The van der Waals surface area contributed by atoms with Gasteiger partial charge in [-0.15, -0.1) is 0 Å². The Morgan fingerprint density at radius 3 is 0.833 bits per heavy atom. The molecule has 0 aromatic rings. The summed E-state index contributed by atoms with van der Waals surface area (Å²) >= 11 is 0. The van der Waals surface area contributed by atoms with Gasteiger partial charge < -0.3 is 34.9 Å². The number of halogens is 2. The Hall–Kier alpha value is 0.652. The van der Waals surface area contributed by atoms with Crippen molar-refractivity contribution in [3.05, 3.63) is 0 Å². The van der Waals surface area contributed by atoms with E-state index in [1.807, 2.05) is 0 Å². The van der Waals surface area contributed by atoms with Crippen LogP contribution in [0.4, 0.5) is 8.39 Å². The molecule has 0 aliphatic heterocycles. The molecule has 12 heteroatoms. The Labute approximate surface area is 77.1 Å². The Morgan fingerprint density at radius 2 is 0.833 bits per heavy atom. The van der Waals surface area contributed by atoms with Gasteiger partial charge in [-0.25, -0.2) is 8.39 Å². The van der Waals surface area contributed by atoms with Gasteiger partial charge >= 0.3 is 17.4 Å². The van der Waals surface area contributed by atoms with Gasteiger partial charge in [-0.3, -0.25) is 0 Å². The summed E-state index contributed by atoms with van der Waals surface area (Å²) in [4.78, 5) is 33.8. The molecule has 0 aromatic carbocycles. The van der Waals surface area contributed by atoms with Crippen molar-refractivity contribution < 1.29 is 37.1 Å². The van der Waals surface area contributed by atoms with Gasteiger partial charge in [0.1, 0.15) is 15.8 Å². The minimum absolute atomic E-state index is 0. The molecular formula is H4AlF2NO6P2. The largest absolute Gasteiger partial charge is 3.00 e. The van der Waals surface area contributed by atoms with Crippen LogP contribution < -0.4 is 25.7 Å². The molecule has 0 bridgehead atoms. The third-order valence-electron chi connectivity index (χ3n) is 0. The van der Waals surface area contributed by atoms with Crippen LogP contribution >= 0.6 is 15.8 Å². The van der Waals surface area contributed by atoms with Gasteiger partial charge in [0.25, 0.3) is 0 Å². The molecule has 0 amide bonds. The smallest absolute Gasteiger partial charge is 0.786 e. The summed E-state index contributed by atoms with van der Waals surface area (Å²) in [7, 11) is -11.3. The number of hydrogen-bond donors (Lipinski definition) is 1. The van der Waals surface area contributed by atoms with Gasteiger partial charge in [-0.2, -0.15) is 0 Å². The summed E-state index contributed by atoms with van der Waals surface area (Å²) in [5.41, 5.74) is 0. The normalized spacial score (nSPS) is 9.83. The average Bonchev–Trinajstić information content (AvgIpc) is 1.12. The molecule has 0 aromatic heterocycles.